The molecule has 5 nitrogen and oxygen atoms in total. The summed E-state index contributed by atoms with van der Waals surface area (Å²) < 4.78 is 0. The molecule has 1 rings (SSSR count). The summed E-state index contributed by atoms with van der Waals surface area (Å²) in [7, 11) is 0. The molecule has 2 unspecified atom stereocenters. The van der Waals surface area contributed by atoms with Crippen LogP contribution in [0, 0.1) is 5.92 Å². The lowest BCUT2D eigenvalue weighted by atomic mass is 9.94. The molecular weight excluding hydrogens is 268 g/mol. The monoisotopic (exact) mass is 298 g/mol. The summed E-state index contributed by atoms with van der Waals surface area (Å²) in [6.45, 7) is 5.75. The van der Waals surface area contributed by atoms with E-state index in [1.54, 1.807) is 0 Å². The predicted molar refractivity (Wildman–Crippen MR) is 83.3 cm³/mol. The number of carboxylic acids is 1. The average molecular weight is 298 g/mol. The number of hydrogen-bond donors (Lipinski definition) is 2. The molecule has 0 aromatic carbocycles. The molecule has 2 amide bonds. The molecule has 1 aliphatic heterocycles. The molecule has 1 heterocycles. The van der Waals surface area contributed by atoms with Crippen LogP contribution in [0.3, 0.4) is 0 Å². The summed E-state index contributed by atoms with van der Waals surface area (Å²) in [5.74, 6) is -0.338. The maximum atomic E-state index is 12.1. The van der Waals surface area contributed by atoms with Crippen molar-refractivity contribution in [1.29, 1.82) is 0 Å². The molecule has 5 heteroatoms. The van der Waals surface area contributed by atoms with Crippen LogP contribution in [0.1, 0.15) is 65.2 Å². The molecule has 0 radical (unpaired) electrons. The van der Waals surface area contributed by atoms with E-state index in [0.29, 0.717) is 24.9 Å². The average Bonchev–Trinajstić information content (AvgIpc) is 2.93. The Kier molecular flexibility index (Phi) is 8.16. The molecule has 122 valence electrons. The van der Waals surface area contributed by atoms with Crippen LogP contribution < -0.4 is 5.32 Å². The Balaban J connectivity index is 2.28. The number of likely N-dealkylation sites (tertiary alicyclic amines) is 1. The van der Waals surface area contributed by atoms with Crippen LogP contribution in [0.5, 0.6) is 0 Å². The molecule has 2 N–H and O–H groups in total. The zero-order valence-corrected chi connectivity index (χ0v) is 13.4. The number of amides is 2. The van der Waals surface area contributed by atoms with Gasteiger partial charge in [-0.05, 0) is 38.0 Å². The van der Waals surface area contributed by atoms with Crippen LogP contribution in [0.4, 0.5) is 4.79 Å². The fourth-order valence-corrected chi connectivity index (χ4v) is 3.18. The summed E-state index contributed by atoms with van der Waals surface area (Å²) >= 11 is 0. The first-order valence-corrected chi connectivity index (χ1v) is 8.34. The van der Waals surface area contributed by atoms with Crippen molar-refractivity contribution in [2.45, 2.75) is 71.3 Å². The van der Waals surface area contributed by atoms with E-state index >= 15 is 0 Å². The Bertz CT molecular complexity index is 333. The van der Waals surface area contributed by atoms with Crippen molar-refractivity contribution in [2.24, 2.45) is 5.92 Å². The van der Waals surface area contributed by atoms with Crippen molar-refractivity contribution in [3.05, 3.63) is 0 Å². The zero-order chi connectivity index (χ0) is 15.7. The van der Waals surface area contributed by atoms with Gasteiger partial charge >= 0.3 is 12.0 Å². The van der Waals surface area contributed by atoms with Gasteiger partial charge in [0.1, 0.15) is 0 Å². The van der Waals surface area contributed by atoms with Gasteiger partial charge in [-0.25, -0.2) is 4.79 Å². The van der Waals surface area contributed by atoms with Gasteiger partial charge in [0, 0.05) is 25.6 Å². The van der Waals surface area contributed by atoms with Crippen LogP contribution in [-0.2, 0) is 4.79 Å². The highest BCUT2D eigenvalue weighted by atomic mass is 16.4. The number of carbonyl (C=O) groups excluding carboxylic acids is 1. The van der Waals surface area contributed by atoms with E-state index < -0.39 is 5.97 Å². The lowest BCUT2D eigenvalue weighted by Gasteiger charge is -2.24. The number of nitrogens with zero attached hydrogens (tertiary/aromatic N) is 1. The number of carboxylic acid groups (broad SMARTS) is 1. The molecule has 2 atom stereocenters. The van der Waals surface area contributed by atoms with Crippen LogP contribution >= 0.6 is 0 Å². The topological polar surface area (TPSA) is 69.6 Å². The summed E-state index contributed by atoms with van der Waals surface area (Å²) in [5.41, 5.74) is 0. The molecule has 1 saturated heterocycles. The zero-order valence-electron chi connectivity index (χ0n) is 13.4. The highest BCUT2D eigenvalue weighted by Gasteiger charge is 2.26. The van der Waals surface area contributed by atoms with E-state index in [2.05, 4.69) is 19.2 Å². The predicted octanol–water partition coefficient (Wildman–Crippen LogP) is 3.24. The van der Waals surface area contributed by atoms with Crippen molar-refractivity contribution in [2.75, 3.05) is 13.1 Å². The highest BCUT2D eigenvalue weighted by Crippen LogP contribution is 2.20. The Morgan fingerprint density at radius 3 is 2.67 bits per heavy atom. The second-order valence-corrected chi connectivity index (χ2v) is 6.01. The largest absolute Gasteiger partial charge is 0.481 e. The fraction of sp³-hybridized carbons (Fsp3) is 0.875. The first-order chi connectivity index (χ1) is 10.1. The Labute approximate surface area is 128 Å². The highest BCUT2D eigenvalue weighted by molar-refractivity contribution is 5.74. The van der Waals surface area contributed by atoms with E-state index in [4.69, 9.17) is 5.11 Å². The second kappa shape index (κ2) is 9.64. The Morgan fingerprint density at radius 2 is 2.05 bits per heavy atom. The van der Waals surface area contributed by atoms with Crippen molar-refractivity contribution < 1.29 is 14.7 Å². The SMILES string of the molecule is CCCC(CCNC(=O)N1CCCC1CC)CCC(=O)O. The van der Waals surface area contributed by atoms with Crippen LogP contribution in [0.15, 0.2) is 0 Å². The Morgan fingerprint density at radius 1 is 1.29 bits per heavy atom. The van der Waals surface area contributed by atoms with E-state index in [-0.39, 0.29) is 12.5 Å². The molecule has 1 fully saturated rings. The van der Waals surface area contributed by atoms with Gasteiger partial charge in [-0.2, -0.15) is 0 Å². The first kappa shape index (κ1) is 17.8. The van der Waals surface area contributed by atoms with Gasteiger partial charge in [-0.1, -0.05) is 26.7 Å². The number of hydrogen-bond acceptors (Lipinski definition) is 2. The molecule has 0 bridgehead atoms. The third-order valence-electron chi connectivity index (χ3n) is 4.40. The minimum Gasteiger partial charge on any atom is -0.481 e. The summed E-state index contributed by atoms with van der Waals surface area (Å²) in [6.07, 6.45) is 7.13. The van der Waals surface area contributed by atoms with Crippen LogP contribution in [0.25, 0.3) is 0 Å². The van der Waals surface area contributed by atoms with Crippen LogP contribution in [-0.4, -0.2) is 41.1 Å². The molecule has 0 aliphatic carbocycles. The Hall–Kier alpha value is -1.26. The second-order valence-electron chi connectivity index (χ2n) is 6.01. The third kappa shape index (κ3) is 6.36. The van der Waals surface area contributed by atoms with Crippen LogP contribution in [0.2, 0.25) is 0 Å². The number of urea groups is 1. The minimum atomic E-state index is -0.733. The molecule has 0 aromatic heterocycles. The molecule has 21 heavy (non-hydrogen) atoms. The lowest BCUT2D eigenvalue weighted by Crippen LogP contribution is -2.43. The van der Waals surface area contributed by atoms with Gasteiger partial charge in [-0.3, -0.25) is 4.79 Å². The standard InChI is InChI=1S/C16H30N2O3/c1-3-6-13(8-9-15(19)20)10-11-17-16(21)18-12-5-7-14(18)4-2/h13-14H,3-12H2,1-2H3,(H,17,21)(H,19,20). The van der Waals surface area contributed by atoms with Gasteiger partial charge < -0.3 is 15.3 Å². The quantitative estimate of drug-likeness (QED) is 0.686. The van der Waals surface area contributed by atoms with Crippen molar-refractivity contribution in [1.82, 2.24) is 10.2 Å². The molecule has 0 saturated carbocycles. The van der Waals surface area contributed by atoms with Gasteiger partial charge in [0.2, 0.25) is 0 Å². The summed E-state index contributed by atoms with van der Waals surface area (Å²) in [6, 6.07) is 0.441. The third-order valence-corrected chi connectivity index (χ3v) is 4.40. The molecule has 0 aromatic rings. The van der Waals surface area contributed by atoms with Crippen molar-refractivity contribution >= 4 is 12.0 Å². The number of nitrogens with one attached hydrogen (secondary N) is 1. The minimum absolute atomic E-state index is 0.0489. The van der Waals surface area contributed by atoms with E-state index in [9.17, 15) is 9.59 Å². The summed E-state index contributed by atoms with van der Waals surface area (Å²) in [5, 5.41) is 11.8. The van der Waals surface area contributed by atoms with E-state index in [1.807, 2.05) is 4.90 Å². The van der Waals surface area contributed by atoms with E-state index in [1.165, 1.54) is 0 Å². The first-order valence-electron chi connectivity index (χ1n) is 8.34. The van der Waals surface area contributed by atoms with Crippen molar-refractivity contribution in [3.8, 4) is 0 Å². The lowest BCUT2D eigenvalue weighted by molar-refractivity contribution is -0.137. The smallest absolute Gasteiger partial charge is 0.317 e. The molecular formula is C16H30N2O3. The fourth-order valence-electron chi connectivity index (χ4n) is 3.18. The molecule has 0 spiro atoms. The normalized spacial score (nSPS) is 19.5. The summed E-state index contributed by atoms with van der Waals surface area (Å²) in [4.78, 5) is 24.7. The maximum absolute atomic E-state index is 12.1. The van der Waals surface area contributed by atoms with Gasteiger partial charge in [0.05, 0.1) is 0 Å². The van der Waals surface area contributed by atoms with E-state index in [0.717, 1.165) is 45.1 Å². The number of rotatable bonds is 9. The van der Waals surface area contributed by atoms with Gasteiger partial charge in [-0.15, -0.1) is 0 Å². The van der Waals surface area contributed by atoms with Gasteiger partial charge in [0.15, 0.2) is 0 Å². The maximum Gasteiger partial charge on any atom is 0.317 e. The molecule has 1 aliphatic rings. The van der Waals surface area contributed by atoms with Gasteiger partial charge in [0.25, 0.3) is 0 Å². The number of carbonyl (C=O) groups is 2. The van der Waals surface area contributed by atoms with Crippen molar-refractivity contribution in [3.63, 3.8) is 0 Å². The number of aliphatic carboxylic acids is 1.